The van der Waals surface area contributed by atoms with Crippen molar-refractivity contribution < 1.29 is 14.3 Å². The van der Waals surface area contributed by atoms with Crippen molar-refractivity contribution in [3.63, 3.8) is 0 Å². The highest BCUT2D eigenvalue weighted by Gasteiger charge is 2.21. The van der Waals surface area contributed by atoms with E-state index < -0.39 is 5.91 Å². The molecular formula is C17H20N4O3. The number of carbonyl (C=O) groups is 2. The largest absolute Gasteiger partial charge is 0.450 e. The van der Waals surface area contributed by atoms with Gasteiger partial charge in [-0.05, 0) is 19.1 Å². The molecule has 0 bridgehead atoms. The van der Waals surface area contributed by atoms with Gasteiger partial charge in [0.2, 0.25) is 0 Å². The first-order chi connectivity index (χ1) is 11.6. The van der Waals surface area contributed by atoms with Gasteiger partial charge in [-0.3, -0.25) is 4.79 Å². The highest BCUT2D eigenvalue weighted by atomic mass is 16.6. The third-order valence-electron chi connectivity index (χ3n) is 3.55. The fraction of sp³-hybridized carbons (Fsp3) is 0.353. The van der Waals surface area contributed by atoms with Gasteiger partial charge >= 0.3 is 6.09 Å². The second-order valence-corrected chi connectivity index (χ2v) is 5.20. The summed E-state index contributed by atoms with van der Waals surface area (Å²) in [5.74, 6) is -0.448. The van der Waals surface area contributed by atoms with E-state index in [9.17, 15) is 14.9 Å². The standard InChI is InChI=1S/C17H20N4O3/c1-2-24-17(23)21-10-8-20(9-11-21)13-14(12-18)16(22)19-15-6-4-3-5-7-15/h3-7,13H,2,8-11H2,1H3,(H,19,22)/b14-13-. The number of benzene rings is 1. The lowest BCUT2D eigenvalue weighted by Gasteiger charge is -2.33. The molecule has 0 radical (unpaired) electrons. The Hall–Kier alpha value is -3.01. The van der Waals surface area contributed by atoms with Crippen LogP contribution in [0.5, 0.6) is 0 Å². The topological polar surface area (TPSA) is 85.7 Å². The summed E-state index contributed by atoms with van der Waals surface area (Å²) in [4.78, 5) is 27.3. The molecule has 24 heavy (non-hydrogen) atoms. The highest BCUT2D eigenvalue weighted by molar-refractivity contribution is 6.06. The van der Waals surface area contributed by atoms with Gasteiger partial charge in [0.1, 0.15) is 11.6 Å². The van der Waals surface area contributed by atoms with Crippen LogP contribution in [0.1, 0.15) is 6.92 Å². The van der Waals surface area contributed by atoms with Gasteiger partial charge in [-0.25, -0.2) is 4.79 Å². The number of hydrogen-bond acceptors (Lipinski definition) is 5. The highest BCUT2D eigenvalue weighted by Crippen LogP contribution is 2.10. The number of para-hydroxylation sites is 1. The van der Waals surface area contributed by atoms with Crippen LogP contribution in [0.3, 0.4) is 0 Å². The molecule has 0 atom stereocenters. The summed E-state index contributed by atoms with van der Waals surface area (Å²) < 4.78 is 4.96. The van der Waals surface area contributed by atoms with E-state index >= 15 is 0 Å². The molecule has 2 amide bonds. The molecule has 0 unspecified atom stereocenters. The Kier molecular flexibility index (Phi) is 6.20. The summed E-state index contributed by atoms with van der Waals surface area (Å²) in [6.07, 6.45) is 1.21. The van der Waals surface area contributed by atoms with Gasteiger partial charge in [0.05, 0.1) is 6.61 Å². The molecule has 1 saturated heterocycles. The van der Waals surface area contributed by atoms with Crippen LogP contribution in [0.25, 0.3) is 0 Å². The lowest BCUT2D eigenvalue weighted by atomic mass is 10.2. The van der Waals surface area contributed by atoms with Gasteiger partial charge in [-0.1, -0.05) is 18.2 Å². The second-order valence-electron chi connectivity index (χ2n) is 5.20. The molecule has 1 aliphatic heterocycles. The van der Waals surface area contributed by atoms with Crippen LogP contribution in [0.4, 0.5) is 10.5 Å². The number of ether oxygens (including phenoxy) is 1. The number of nitrogens with zero attached hydrogens (tertiary/aromatic N) is 3. The molecule has 1 aliphatic rings. The van der Waals surface area contributed by atoms with E-state index in [0.29, 0.717) is 38.5 Å². The Morgan fingerprint density at radius 3 is 2.50 bits per heavy atom. The molecule has 2 rings (SSSR count). The van der Waals surface area contributed by atoms with Crippen molar-refractivity contribution in [3.05, 3.63) is 42.1 Å². The molecule has 0 saturated carbocycles. The van der Waals surface area contributed by atoms with Crippen molar-refractivity contribution >= 4 is 17.7 Å². The minimum absolute atomic E-state index is 0.0310. The third kappa shape index (κ3) is 4.74. The van der Waals surface area contributed by atoms with E-state index in [1.54, 1.807) is 42.3 Å². The maximum atomic E-state index is 12.2. The van der Waals surface area contributed by atoms with E-state index in [-0.39, 0.29) is 11.7 Å². The number of nitrogens with one attached hydrogen (secondary N) is 1. The molecule has 1 aromatic rings. The molecule has 1 heterocycles. The Balaban J connectivity index is 1.93. The van der Waals surface area contributed by atoms with Crippen molar-refractivity contribution in [3.8, 4) is 6.07 Å². The zero-order valence-corrected chi connectivity index (χ0v) is 13.6. The van der Waals surface area contributed by atoms with E-state index in [1.807, 2.05) is 17.0 Å². The van der Waals surface area contributed by atoms with Gasteiger partial charge in [0.15, 0.2) is 0 Å². The lowest BCUT2D eigenvalue weighted by Crippen LogP contribution is -2.47. The zero-order chi connectivity index (χ0) is 17.4. The number of nitriles is 1. The number of rotatable bonds is 4. The fourth-order valence-electron chi connectivity index (χ4n) is 2.29. The Morgan fingerprint density at radius 2 is 1.92 bits per heavy atom. The van der Waals surface area contributed by atoms with Crippen molar-refractivity contribution in [2.45, 2.75) is 6.92 Å². The Bertz CT molecular complexity index is 644. The minimum Gasteiger partial charge on any atom is -0.450 e. The Morgan fingerprint density at radius 1 is 1.25 bits per heavy atom. The van der Waals surface area contributed by atoms with E-state index in [0.717, 1.165) is 0 Å². The summed E-state index contributed by atoms with van der Waals surface area (Å²) in [5, 5.41) is 11.9. The van der Waals surface area contributed by atoms with Crippen molar-refractivity contribution in [1.82, 2.24) is 9.80 Å². The van der Waals surface area contributed by atoms with Crippen LogP contribution < -0.4 is 5.32 Å². The molecule has 1 aromatic carbocycles. The van der Waals surface area contributed by atoms with Crippen LogP contribution in [-0.4, -0.2) is 54.6 Å². The normalized spacial score (nSPS) is 14.8. The van der Waals surface area contributed by atoms with Crippen molar-refractivity contribution in [2.75, 3.05) is 38.1 Å². The fourth-order valence-corrected chi connectivity index (χ4v) is 2.29. The van der Waals surface area contributed by atoms with E-state index in [4.69, 9.17) is 4.74 Å². The van der Waals surface area contributed by atoms with Crippen LogP contribution >= 0.6 is 0 Å². The smallest absolute Gasteiger partial charge is 0.409 e. The molecule has 7 heteroatoms. The van der Waals surface area contributed by atoms with Crippen molar-refractivity contribution in [2.24, 2.45) is 0 Å². The number of amides is 2. The first-order valence-corrected chi connectivity index (χ1v) is 7.78. The van der Waals surface area contributed by atoms with E-state index in [2.05, 4.69) is 5.32 Å². The lowest BCUT2D eigenvalue weighted by molar-refractivity contribution is -0.112. The van der Waals surface area contributed by atoms with Crippen LogP contribution in [0.15, 0.2) is 42.1 Å². The second kappa shape index (κ2) is 8.58. The Labute approximate surface area is 141 Å². The molecular weight excluding hydrogens is 308 g/mol. The monoisotopic (exact) mass is 328 g/mol. The first kappa shape index (κ1) is 17.3. The summed E-state index contributed by atoms with van der Waals surface area (Å²) in [7, 11) is 0. The number of anilines is 1. The third-order valence-corrected chi connectivity index (χ3v) is 3.55. The number of carbonyl (C=O) groups excluding carboxylic acids is 2. The number of hydrogen-bond donors (Lipinski definition) is 1. The van der Waals surface area contributed by atoms with Gasteiger partial charge in [0.25, 0.3) is 5.91 Å². The average Bonchev–Trinajstić information content (AvgIpc) is 2.61. The maximum Gasteiger partial charge on any atom is 0.409 e. The molecule has 1 N–H and O–H groups in total. The van der Waals surface area contributed by atoms with E-state index in [1.165, 1.54) is 0 Å². The van der Waals surface area contributed by atoms with Crippen LogP contribution in [0, 0.1) is 11.3 Å². The van der Waals surface area contributed by atoms with Gasteiger partial charge in [-0.2, -0.15) is 5.26 Å². The summed E-state index contributed by atoms with van der Waals surface area (Å²) in [5.41, 5.74) is 0.666. The van der Waals surface area contributed by atoms with Crippen molar-refractivity contribution in [1.29, 1.82) is 5.26 Å². The first-order valence-electron chi connectivity index (χ1n) is 7.78. The zero-order valence-electron chi connectivity index (χ0n) is 13.6. The molecule has 0 spiro atoms. The van der Waals surface area contributed by atoms with Crippen LogP contribution in [-0.2, 0) is 9.53 Å². The van der Waals surface area contributed by atoms with Gasteiger partial charge in [-0.15, -0.1) is 0 Å². The van der Waals surface area contributed by atoms with Gasteiger partial charge in [0, 0.05) is 38.1 Å². The molecule has 126 valence electrons. The summed E-state index contributed by atoms with van der Waals surface area (Å²) >= 11 is 0. The van der Waals surface area contributed by atoms with Crippen LogP contribution in [0.2, 0.25) is 0 Å². The molecule has 0 aromatic heterocycles. The molecule has 7 nitrogen and oxygen atoms in total. The molecule has 0 aliphatic carbocycles. The molecule has 1 fully saturated rings. The SMILES string of the molecule is CCOC(=O)N1CCN(/C=C(/C#N)C(=O)Nc2ccccc2)CC1. The average molecular weight is 328 g/mol. The maximum absolute atomic E-state index is 12.2. The number of piperazine rings is 1. The quantitative estimate of drug-likeness (QED) is 0.673. The predicted molar refractivity (Wildman–Crippen MR) is 88.9 cm³/mol. The van der Waals surface area contributed by atoms with Gasteiger partial charge < -0.3 is 19.9 Å². The summed E-state index contributed by atoms with van der Waals surface area (Å²) in [6.45, 7) is 4.19. The predicted octanol–water partition coefficient (Wildman–Crippen LogP) is 1.81. The summed E-state index contributed by atoms with van der Waals surface area (Å²) in [6, 6.07) is 10.9. The minimum atomic E-state index is -0.448.